The lowest BCUT2D eigenvalue weighted by molar-refractivity contribution is -0.120. The Labute approximate surface area is 162 Å². The molecule has 144 valence electrons. The minimum atomic E-state index is -0.574. The number of nitrogens with zero attached hydrogens (tertiary/aromatic N) is 3. The molecule has 2 saturated heterocycles. The van der Waals surface area contributed by atoms with Gasteiger partial charge in [-0.25, -0.2) is 9.69 Å². The lowest BCUT2D eigenvalue weighted by atomic mass is 9.97. The third-order valence-corrected chi connectivity index (χ3v) is 5.13. The highest BCUT2D eigenvalue weighted by Gasteiger charge is 2.48. The zero-order valence-electron chi connectivity index (χ0n) is 15.4. The number of hydrogen-bond acceptors (Lipinski definition) is 5. The molecule has 0 radical (unpaired) electrons. The smallest absolute Gasteiger partial charge is 0.332 e. The average molecular weight is 380 g/mol. The van der Waals surface area contributed by atoms with Gasteiger partial charge >= 0.3 is 6.03 Å². The van der Waals surface area contributed by atoms with Crippen LogP contribution in [0.25, 0.3) is 0 Å². The van der Waals surface area contributed by atoms with Gasteiger partial charge in [0.15, 0.2) is 0 Å². The van der Waals surface area contributed by atoms with Crippen molar-refractivity contribution in [2.24, 2.45) is 0 Å². The summed E-state index contributed by atoms with van der Waals surface area (Å²) in [5, 5.41) is 2.96. The molecule has 1 aromatic carbocycles. The molecule has 4 amide bonds. The minimum Gasteiger partial charge on any atom is -0.497 e. The Morgan fingerprint density at radius 1 is 1.21 bits per heavy atom. The van der Waals surface area contributed by atoms with E-state index < -0.39 is 6.04 Å². The number of piperidine rings is 1. The van der Waals surface area contributed by atoms with Crippen molar-refractivity contribution >= 4 is 23.5 Å². The van der Waals surface area contributed by atoms with Crippen molar-refractivity contribution in [3.8, 4) is 5.75 Å². The minimum absolute atomic E-state index is 0.177. The van der Waals surface area contributed by atoms with Gasteiger partial charge < -0.3 is 15.0 Å². The molecule has 0 saturated carbocycles. The summed E-state index contributed by atoms with van der Waals surface area (Å²) in [7, 11) is 1.53. The molecular formula is C20H20N4O4. The number of urea groups is 1. The lowest BCUT2D eigenvalue weighted by Gasteiger charge is -2.32. The molecule has 0 spiro atoms. The van der Waals surface area contributed by atoms with Crippen LogP contribution >= 0.6 is 0 Å². The standard InChI is InChI=1S/C20H20N4O4/c1-28-16-4-2-3-15(12-16)24-19(26)17-11-14(7-10-23(17)20(24)27)22-18(25)13-5-8-21-9-6-13/h2-6,8-9,12,14,17H,7,10-11H2,1H3,(H,22,25)/t14-,17+/m0/s1. The van der Waals surface area contributed by atoms with Crippen LogP contribution in [0.5, 0.6) is 5.75 Å². The Bertz CT molecular complexity index is 917. The molecule has 3 heterocycles. The van der Waals surface area contributed by atoms with Crippen LogP contribution in [0.3, 0.4) is 0 Å². The maximum absolute atomic E-state index is 13.0. The largest absolute Gasteiger partial charge is 0.497 e. The fourth-order valence-corrected chi connectivity index (χ4v) is 3.69. The van der Waals surface area contributed by atoms with Crippen molar-refractivity contribution in [2.45, 2.75) is 24.9 Å². The highest BCUT2D eigenvalue weighted by atomic mass is 16.5. The number of carbonyl (C=O) groups excluding carboxylic acids is 3. The summed E-state index contributed by atoms with van der Waals surface area (Å²) in [6.07, 6.45) is 4.10. The lowest BCUT2D eigenvalue weighted by Crippen LogP contribution is -2.49. The van der Waals surface area contributed by atoms with Crippen LogP contribution < -0.4 is 15.0 Å². The van der Waals surface area contributed by atoms with Gasteiger partial charge in [0.1, 0.15) is 11.8 Å². The van der Waals surface area contributed by atoms with Crippen molar-refractivity contribution in [3.63, 3.8) is 0 Å². The second-order valence-corrected chi connectivity index (χ2v) is 6.80. The van der Waals surface area contributed by atoms with Crippen molar-refractivity contribution in [1.29, 1.82) is 0 Å². The van der Waals surface area contributed by atoms with Gasteiger partial charge in [-0.05, 0) is 37.1 Å². The molecule has 0 unspecified atom stereocenters. The fraction of sp³-hybridized carbons (Fsp3) is 0.300. The number of ether oxygens (including phenoxy) is 1. The van der Waals surface area contributed by atoms with E-state index in [-0.39, 0.29) is 23.9 Å². The molecule has 2 atom stereocenters. The van der Waals surface area contributed by atoms with E-state index >= 15 is 0 Å². The molecule has 0 bridgehead atoms. The van der Waals surface area contributed by atoms with Gasteiger partial charge in [-0.2, -0.15) is 0 Å². The summed E-state index contributed by atoms with van der Waals surface area (Å²) in [6, 6.07) is 9.06. The van der Waals surface area contributed by atoms with Gasteiger partial charge in [-0.3, -0.25) is 14.6 Å². The van der Waals surface area contributed by atoms with E-state index in [0.717, 1.165) is 0 Å². The zero-order valence-corrected chi connectivity index (χ0v) is 15.4. The van der Waals surface area contributed by atoms with Crippen LogP contribution in [-0.4, -0.2) is 53.5 Å². The number of benzene rings is 1. The Morgan fingerprint density at radius 2 is 2.00 bits per heavy atom. The predicted molar refractivity (Wildman–Crippen MR) is 101 cm³/mol. The summed E-state index contributed by atoms with van der Waals surface area (Å²) in [5.74, 6) is 0.0915. The van der Waals surface area contributed by atoms with E-state index in [2.05, 4.69) is 10.3 Å². The average Bonchev–Trinajstić information content (AvgIpc) is 2.98. The number of pyridine rings is 1. The van der Waals surface area contributed by atoms with Crippen molar-refractivity contribution in [1.82, 2.24) is 15.2 Å². The third kappa shape index (κ3) is 3.17. The fourth-order valence-electron chi connectivity index (χ4n) is 3.69. The Morgan fingerprint density at radius 3 is 2.75 bits per heavy atom. The van der Waals surface area contributed by atoms with Gasteiger partial charge in [0.25, 0.3) is 11.8 Å². The van der Waals surface area contributed by atoms with Crippen LogP contribution in [0.1, 0.15) is 23.2 Å². The summed E-state index contributed by atoms with van der Waals surface area (Å²) in [4.78, 5) is 44.8. The number of hydrogen-bond donors (Lipinski definition) is 1. The number of methoxy groups -OCH3 is 1. The summed E-state index contributed by atoms with van der Waals surface area (Å²) >= 11 is 0. The molecule has 1 N–H and O–H groups in total. The zero-order chi connectivity index (χ0) is 19.7. The SMILES string of the molecule is COc1cccc(N2C(=O)[C@H]3C[C@@H](NC(=O)c4ccncc4)CCN3C2=O)c1. The molecular weight excluding hydrogens is 360 g/mol. The number of fused-ring (bicyclic) bond motifs is 1. The van der Waals surface area contributed by atoms with Crippen molar-refractivity contribution in [3.05, 3.63) is 54.4 Å². The van der Waals surface area contributed by atoms with Crippen molar-refractivity contribution < 1.29 is 19.1 Å². The van der Waals surface area contributed by atoms with Crippen LogP contribution in [0.4, 0.5) is 10.5 Å². The van der Waals surface area contributed by atoms with Crippen LogP contribution in [0.15, 0.2) is 48.8 Å². The van der Waals surface area contributed by atoms with Gasteiger partial charge in [0, 0.05) is 36.6 Å². The maximum atomic E-state index is 13.0. The van der Waals surface area contributed by atoms with E-state index in [1.165, 1.54) is 12.0 Å². The first-order valence-electron chi connectivity index (χ1n) is 9.08. The van der Waals surface area contributed by atoms with Crippen LogP contribution in [0.2, 0.25) is 0 Å². The monoisotopic (exact) mass is 380 g/mol. The summed E-state index contributed by atoms with van der Waals surface area (Å²) in [6.45, 7) is 0.414. The Hall–Kier alpha value is -3.42. The summed E-state index contributed by atoms with van der Waals surface area (Å²) < 4.78 is 5.19. The number of nitrogens with one attached hydrogen (secondary N) is 1. The van der Waals surface area contributed by atoms with Gasteiger partial charge in [-0.1, -0.05) is 6.07 Å². The molecule has 2 aliphatic heterocycles. The van der Waals surface area contributed by atoms with E-state index in [9.17, 15) is 14.4 Å². The summed E-state index contributed by atoms with van der Waals surface area (Å²) in [5.41, 5.74) is 1.00. The van der Waals surface area contributed by atoms with Crippen molar-refractivity contribution in [2.75, 3.05) is 18.6 Å². The van der Waals surface area contributed by atoms with Crippen LogP contribution in [0, 0.1) is 0 Å². The normalized spacial score (nSPS) is 21.5. The highest BCUT2D eigenvalue weighted by Crippen LogP contribution is 2.32. The van der Waals surface area contributed by atoms with Gasteiger partial charge in [0.05, 0.1) is 12.8 Å². The number of imide groups is 1. The highest BCUT2D eigenvalue weighted by molar-refractivity contribution is 6.21. The van der Waals surface area contributed by atoms with Gasteiger partial charge in [0.2, 0.25) is 0 Å². The molecule has 0 aliphatic carbocycles. The Balaban J connectivity index is 1.49. The third-order valence-electron chi connectivity index (χ3n) is 5.13. The number of carbonyl (C=O) groups is 3. The molecule has 1 aromatic heterocycles. The molecule has 2 aromatic rings. The second-order valence-electron chi connectivity index (χ2n) is 6.80. The quantitative estimate of drug-likeness (QED) is 0.817. The molecule has 2 fully saturated rings. The first kappa shape index (κ1) is 18.0. The van der Waals surface area contributed by atoms with Crippen LogP contribution in [-0.2, 0) is 4.79 Å². The second kappa shape index (κ2) is 7.30. The molecule has 8 heteroatoms. The molecule has 2 aliphatic rings. The Kier molecular flexibility index (Phi) is 4.68. The van der Waals surface area contributed by atoms with Gasteiger partial charge in [-0.15, -0.1) is 0 Å². The number of anilines is 1. The topological polar surface area (TPSA) is 91.8 Å². The van der Waals surface area contributed by atoms with E-state index in [4.69, 9.17) is 4.74 Å². The molecule has 4 rings (SSSR count). The number of rotatable bonds is 4. The predicted octanol–water partition coefficient (Wildman–Crippen LogP) is 1.82. The molecule has 28 heavy (non-hydrogen) atoms. The van der Waals surface area contributed by atoms with E-state index in [0.29, 0.717) is 36.4 Å². The first-order chi connectivity index (χ1) is 13.6. The number of aromatic nitrogens is 1. The number of amides is 4. The van der Waals surface area contributed by atoms with E-state index in [1.807, 2.05) is 0 Å². The first-order valence-corrected chi connectivity index (χ1v) is 9.08. The molecule has 8 nitrogen and oxygen atoms in total. The van der Waals surface area contributed by atoms with E-state index in [1.54, 1.807) is 53.7 Å². The maximum Gasteiger partial charge on any atom is 0.332 e.